The van der Waals surface area contributed by atoms with Crippen LogP contribution in [0.1, 0.15) is 37.7 Å². The molecule has 0 saturated heterocycles. The quantitative estimate of drug-likeness (QED) is 0.370. The largest absolute Gasteiger partial charge is 0.477 e. The van der Waals surface area contributed by atoms with E-state index in [0.717, 1.165) is 42.0 Å². The van der Waals surface area contributed by atoms with E-state index < -0.39 is 6.09 Å². The Balaban J connectivity index is 0.000000591. The van der Waals surface area contributed by atoms with Crippen molar-refractivity contribution >= 4 is 11.9 Å². The number of ether oxygens (including phenoxy) is 1. The van der Waals surface area contributed by atoms with Crippen molar-refractivity contribution in [3.63, 3.8) is 0 Å². The van der Waals surface area contributed by atoms with E-state index in [1.165, 1.54) is 24.8 Å². The van der Waals surface area contributed by atoms with E-state index in [9.17, 15) is 0 Å². The number of nitrogens with two attached hydrogens (primary N) is 2. The second kappa shape index (κ2) is 9.38. The molecule has 8 nitrogen and oxygen atoms in total. The number of hydrogen-bond donors (Lipinski definition) is 3. The number of benzene rings is 2. The fraction of sp³-hybridized carbons (Fsp3) is 0.296. The van der Waals surface area contributed by atoms with Gasteiger partial charge in [0.25, 0.3) is 0 Å². The van der Waals surface area contributed by atoms with Gasteiger partial charge in [0.15, 0.2) is 0 Å². The van der Waals surface area contributed by atoms with E-state index in [2.05, 4.69) is 58.7 Å². The molecule has 5 N–H and O–H groups in total. The monoisotopic (exact) mass is 471 g/mol. The zero-order chi connectivity index (χ0) is 24.4. The molecular weight excluding hydrogens is 442 g/mol. The molecule has 35 heavy (non-hydrogen) atoms. The summed E-state index contributed by atoms with van der Waals surface area (Å²) < 4.78 is 7.95. The van der Waals surface area contributed by atoms with Crippen molar-refractivity contribution in [3.8, 4) is 28.4 Å². The minimum Gasteiger partial charge on any atom is -0.477 e. The van der Waals surface area contributed by atoms with Gasteiger partial charge in [0.05, 0.1) is 18.0 Å². The lowest BCUT2D eigenvalue weighted by molar-refractivity contribution is 0.205. The molecule has 2 aromatic carbocycles. The molecule has 180 valence electrons. The summed E-state index contributed by atoms with van der Waals surface area (Å²) in [4.78, 5) is 18.4. The molecule has 2 aromatic heterocycles. The van der Waals surface area contributed by atoms with Crippen molar-refractivity contribution in [2.45, 2.75) is 37.6 Å². The molecule has 0 unspecified atom stereocenters. The SMILES string of the molecule is NC(=O)O.NC1(c2ccc(-c3nc4nc(OCC5CC5)ccn4c3-c3ccccc3)cc2)CCC1. The molecule has 4 aromatic rings. The number of carboxylic acid groups (broad SMARTS) is 1. The van der Waals surface area contributed by atoms with Gasteiger partial charge in [-0.15, -0.1) is 0 Å². The molecule has 6 rings (SSSR count). The fourth-order valence-electron chi connectivity index (χ4n) is 4.36. The average Bonchev–Trinajstić information content (AvgIpc) is 3.60. The maximum absolute atomic E-state index is 8.78. The van der Waals surface area contributed by atoms with Crippen LogP contribution in [0, 0.1) is 5.92 Å². The number of hydrogen-bond acceptors (Lipinski definition) is 5. The predicted octanol–water partition coefficient (Wildman–Crippen LogP) is 4.81. The van der Waals surface area contributed by atoms with Crippen molar-refractivity contribution in [2.75, 3.05) is 6.61 Å². The zero-order valence-corrected chi connectivity index (χ0v) is 19.4. The summed E-state index contributed by atoms with van der Waals surface area (Å²) in [5.74, 6) is 1.98. The first-order valence-corrected chi connectivity index (χ1v) is 11.9. The van der Waals surface area contributed by atoms with E-state index in [0.29, 0.717) is 17.6 Å². The lowest BCUT2D eigenvalue weighted by atomic mass is 9.72. The molecular formula is C27H29N5O3. The lowest BCUT2D eigenvalue weighted by Gasteiger charge is -2.38. The molecule has 8 heteroatoms. The summed E-state index contributed by atoms with van der Waals surface area (Å²) in [7, 11) is 0. The summed E-state index contributed by atoms with van der Waals surface area (Å²) in [5.41, 5.74) is 15.7. The van der Waals surface area contributed by atoms with Gasteiger partial charge in [-0.25, -0.2) is 9.78 Å². The third-order valence-corrected chi connectivity index (χ3v) is 6.66. The Hall–Kier alpha value is -3.91. The number of fused-ring (bicyclic) bond motifs is 1. The van der Waals surface area contributed by atoms with Crippen LogP contribution in [0.25, 0.3) is 28.3 Å². The van der Waals surface area contributed by atoms with E-state index in [-0.39, 0.29) is 5.54 Å². The highest BCUT2D eigenvalue weighted by Crippen LogP contribution is 2.40. The highest BCUT2D eigenvalue weighted by atomic mass is 16.5. The van der Waals surface area contributed by atoms with Gasteiger partial charge < -0.3 is 21.3 Å². The Kier molecular flexibility index (Phi) is 6.13. The first-order chi connectivity index (χ1) is 16.9. The van der Waals surface area contributed by atoms with Crippen molar-refractivity contribution in [2.24, 2.45) is 17.4 Å². The number of primary amides is 1. The van der Waals surface area contributed by atoms with E-state index in [4.69, 9.17) is 30.3 Å². The summed E-state index contributed by atoms with van der Waals surface area (Å²) >= 11 is 0. The molecule has 2 aliphatic carbocycles. The Morgan fingerprint density at radius 3 is 2.31 bits per heavy atom. The normalized spacial score (nSPS) is 16.1. The maximum Gasteiger partial charge on any atom is 0.402 e. The first kappa shape index (κ1) is 22.9. The molecule has 0 radical (unpaired) electrons. The number of amides is 1. The van der Waals surface area contributed by atoms with Crippen LogP contribution in [-0.4, -0.2) is 32.2 Å². The van der Waals surface area contributed by atoms with Crippen molar-refractivity contribution < 1.29 is 14.6 Å². The predicted molar refractivity (Wildman–Crippen MR) is 134 cm³/mol. The molecule has 2 heterocycles. The van der Waals surface area contributed by atoms with Gasteiger partial charge in [-0.3, -0.25) is 4.40 Å². The third kappa shape index (κ3) is 4.97. The van der Waals surface area contributed by atoms with Gasteiger partial charge in [-0.05, 0) is 43.6 Å². The Labute approximate surface area is 203 Å². The van der Waals surface area contributed by atoms with E-state index in [1.807, 2.05) is 18.3 Å². The Morgan fingerprint density at radius 2 is 1.71 bits per heavy atom. The van der Waals surface area contributed by atoms with Gasteiger partial charge in [0.2, 0.25) is 11.7 Å². The lowest BCUT2D eigenvalue weighted by Crippen LogP contribution is -2.43. The van der Waals surface area contributed by atoms with Crippen LogP contribution in [-0.2, 0) is 5.54 Å². The van der Waals surface area contributed by atoms with Gasteiger partial charge >= 0.3 is 6.09 Å². The minimum absolute atomic E-state index is 0.158. The maximum atomic E-state index is 8.78. The standard InChI is InChI=1S/C26H26N4O.CH3NO2/c27-26(14-4-15-26)21-11-9-19(10-12-21)23-24(20-5-2-1-3-6-20)30-16-13-22(28-25(30)29-23)31-17-18-7-8-18;2-1(3)4/h1-3,5-6,9-13,16,18H,4,7-8,14-15,17,27H2;2H2,(H,3,4). The van der Waals surface area contributed by atoms with Crippen LogP contribution < -0.4 is 16.2 Å². The van der Waals surface area contributed by atoms with Crippen LogP contribution in [0.5, 0.6) is 5.88 Å². The van der Waals surface area contributed by atoms with Crippen LogP contribution in [0.2, 0.25) is 0 Å². The van der Waals surface area contributed by atoms with Crippen molar-refractivity contribution in [1.82, 2.24) is 14.4 Å². The number of rotatable bonds is 6. The van der Waals surface area contributed by atoms with Gasteiger partial charge in [0, 0.05) is 28.9 Å². The van der Waals surface area contributed by atoms with Crippen molar-refractivity contribution in [1.29, 1.82) is 0 Å². The van der Waals surface area contributed by atoms with Gasteiger partial charge in [-0.1, -0.05) is 54.6 Å². The van der Waals surface area contributed by atoms with Crippen LogP contribution in [0.4, 0.5) is 4.79 Å². The topological polar surface area (TPSA) is 129 Å². The van der Waals surface area contributed by atoms with Gasteiger partial charge in [-0.2, -0.15) is 4.98 Å². The Morgan fingerprint density at radius 1 is 1.03 bits per heavy atom. The molecule has 0 bridgehead atoms. The Bertz CT molecular complexity index is 1320. The summed E-state index contributed by atoms with van der Waals surface area (Å²) in [6.07, 6.45) is 6.52. The summed E-state index contributed by atoms with van der Waals surface area (Å²) in [6, 6.07) is 20.9. The van der Waals surface area contributed by atoms with E-state index >= 15 is 0 Å². The second-order valence-electron chi connectivity index (χ2n) is 9.29. The number of imidazole rings is 1. The molecule has 2 fully saturated rings. The minimum atomic E-state index is -1.33. The summed E-state index contributed by atoms with van der Waals surface area (Å²) in [5, 5.41) is 7.19. The highest BCUT2D eigenvalue weighted by molar-refractivity contribution is 5.81. The van der Waals surface area contributed by atoms with Crippen LogP contribution in [0.15, 0.2) is 66.9 Å². The zero-order valence-electron chi connectivity index (χ0n) is 19.4. The molecule has 2 saturated carbocycles. The van der Waals surface area contributed by atoms with E-state index in [1.54, 1.807) is 0 Å². The third-order valence-electron chi connectivity index (χ3n) is 6.66. The molecule has 2 aliphatic rings. The second-order valence-corrected chi connectivity index (χ2v) is 9.29. The molecule has 0 spiro atoms. The summed E-state index contributed by atoms with van der Waals surface area (Å²) in [6.45, 7) is 0.741. The number of aromatic nitrogens is 3. The van der Waals surface area contributed by atoms with Crippen molar-refractivity contribution in [3.05, 3.63) is 72.4 Å². The molecule has 1 amide bonds. The first-order valence-electron chi connectivity index (χ1n) is 11.9. The highest BCUT2D eigenvalue weighted by Gasteiger charge is 2.34. The molecule has 0 aliphatic heterocycles. The number of nitrogens with zero attached hydrogens (tertiary/aromatic N) is 3. The van der Waals surface area contributed by atoms with Crippen LogP contribution >= 0.6 is 0 Å². The fourth-order valence-corrected chi connectivity index (χ4v) is 4.36. The smallest absolute Gasteiger partial charge is 0.402 e. The molecule has 0 atom stereocenters. The number of carbonyl (C=O) groups is 1. The van der Waals surface area contributed by atoms with Crippen LogP contribution in [0.3, 0.4) is 0 Å². The van der Waals surface area contributed by atoms with Gasteiger partial charge in [0.1, 0.15) is 0 Å². The average molecular weight is 472 g/mol.